The van der Waals surface area contributed by atoms with Crippen LogP contribution in [-0.2, 0) is 6.42 Å². The zero-order chi connectivity index (χ0) is 25.4. The van der Waals surface area contributed by atoms with Crippen molar-refractivity contribution in [2.24, 2.45) is 0 Å². The Kier molecular flexibility index (Phi) is 11.0. The van der Waals surface area contributed by atoms with E-state index in [-0.39, 0.29) is 15.8 Å². The van der Waals surface area contributed by atoms with Gasteiger partial charge in [-0.2, -0.15) is 0 Å². The molecule has 0 aliphatic carbocycles. The maximum absolute atomic E-state index is 13.6. The molecule has 0 radical (unpaired) electrons. The predicted octanol–water partition coefficient (Wildman–Crippen LogP) is 8.47. The molecular formula is C28H35BrCl2N2O2. The number of carbonyl (C=O) groups is 1. The SMILES string of the molecule is CCCCN(CCCC)CCCOc1ccc(C(=O)c2c(CC)c(Br)c3ccccn23)c(Cl)c1Cl. The van der Waals surface area contributed by atoms with E-state index in [4.69, 9.17) is 27.9 Å². The second-order valence-electron chi connectivity index (χ2n) is 8.77. The molecule has 3 aromatic rings. The number of benzene rings is 1. The maximum Gasteiger partial charge on any atom is 0.211 e. The Morgan fingerprint density at radius 2 is 1.66 bits per heavy atom. The van der Waals surface area contributed by atoms with Gasteiger partial charge in [0.25, 0.3) is 0 Å². The lowest BCUT2D eigenvalue weighted by Crippen LogP contribution is -2.28. The van der Waals surface area contributed by atoms with Crippen molar-refractivity contribution in [2.45, 2.75) is 59.3 Å². The van der Waals surface area contributed by atoms with Gasteiger partial charge in [-0.05, 0) is 84.5 Å². The van der Waals surface area contributed by atoms with E-state index in [1.165, 1.54) is 25.7 Å². The van der Waals surface area contributed by atoms with Crippen molar-refractivity contribution in [3.63, 3.8) is 0 Å². The van der Waals surface area contributed by atoms with Crippen molar-refractivity contribution in [3.05, 3.63) is 67.9 Å². The van der Waals surface area contributed by atoms with Gasteiger partial charge < -0.3 is 14.0 Å². The number of aromatic nitrogens is 1. The molecule has 0 spiro atoms. The lowest BCUT2D eigenvalue weighted by molar-refractivity contribution is 0.103. The van der Waals surface area contributed by atoms with Gasteiger partial charge in [0, 0.05) is 22.8 Å². The number of rotatable bonds is 14. The number of hydrogen-bond acceptors (Lipinski definition) is 3. The molecule has 7 heteroatoms. The molecule has 190 valence electrons. The molecule has 2 aromatic heterocycles. The number of nitrogens with zero attached hydrogens (tertiary/aromatic N) is 2. The molecule has 0 aliphatic rings. The normalized spacial score (nSPS) is 11.5. The molecule has 2 heterocycles. The second kappa shape index (κ2) is 13.7. The monoisotopic (exact) mass is 580 g/mol. The minimum atomic E-state index is -0.158. The van der Waals surface area contributed by atoms with E-state index in [9.17, 15) is 4.79 Å². The van der Waals surface area contributed by atoms with Crippen molar-refractivity contribution in [2.75, 3.05) is 26.2 Å². The van der Waals surface area contributed by atoms with Crippen LogP contribution in [0.4, 0.5) is 0 Å². The summed E-state index contributed by atoms with van der Waals surface area (Å²) >= 11 is 16.8. The van der Waals surface area contributed by atoms with Crippen molar-refractivity contribution in [3.8, 4) is 5.75 Å². The molecule has 0 saturated heterocycles. The predicted molar refractivity (Wildman–Crippen MR) is 151 cm³/mol. The number of ether oxygens (including phenoxy) is 1. The molecule has 0 atom stereocenters. The fourth-order valence-electron chi connectivity index (χ4n) is 4.31. The van der Waals surface area contributed by atoms with E-state index in [1.807, 2.05) is 35.7 Å². The van der Waals surface area contributed by atoms with Crippen LogP contribution < -0.4 is 4.74 Å². The second-order valence-corrected chi connectivity index (χ2v) is 10.3. The number of pyridine rings is 1. The third-order valence-corrected chi connectivity index (χ3v) is 8.02. The van der Waals surface area contributed by atoms with Crippen LogP contribution in [0.3, 0.4) is 0 Å². The first kappa shape index (κ1) is 28.0. The topological polar surface area (TPSA) is 34.0 Å². The molecule has 0 aliphatic heterocycles. The first-order valence-electron chi connectivity index (χ1n) is 12.6. The third kappa shape index (κ3) is 6.62. The quantitative estimate of drug-likeness (QED) is 0.141. The largest absolute Gasteiger partial charge is 0.492 e. The minimum Gasteiger partial charge on any atom is -0.492 e. The Morgan fingerprint density at radius 3 is 2.31 bits per heavy atom. The average molecular weight is 582 g/mol. The Morgan fingerprint density at radius 1 is 0.971 bits per heavy atom. The Labute approximate surface area is 227 Å². The minimum absolute atomic E-state index is 0.158. The van der Waals surface area contributed by atoms with E-state index in [0.717, 1.165) is 41.6 Å². The molecule has 0 saturated carbocycles. The highest BCUT2D eigenvalue weighted by Crippen LogP contribution is 2.38. The van der Waals surface area contributed by atoms with Gasteiger partial charge in [0.05, 0.1) is 22.8 Å². The molecule has 0 bridgehead atoms. The van der Waals surface area contributed by atoms with Crippen LogP contribution in [0.15, 0.2) is 41.0 Å². The lowest BCUT2D eigenvalue weighted by Gasteiger charge is -2.22. The summed E-state index contributed by atoms with van der Waals surface area (Å²) in [5.41, 5.74) is 2.87. The van der Waals surface area contributed by atoms with E-state index in [1.54, 1.807) is 12.1 Å². The van der Waals surface area contributed by atoms with Crippen molar-refractivity contribution >= 4 is 50.4 Å². The third-order valence-electron chi connectivity index (χ3n) is 6.27. The van der Waals surface area contributed by atoms with Crippen LogP contribution in [0.1, 0.15) is 74.5 Å². The molecule has 0 N–H and O–H groups in total. The number of ketones is 1. The molecule has 3 rings (SSSR count). The van der Waals surface area contributed by atoms with Gasteiger partial charge in [-0.3, -0.25) is 4.79 Å². The average Bonchev–Trinajstić information content (AvgIpc) is 3.16. The van der Waals surface area contributed by atoms with Gasteiger partial charge in [-0.15, -0.1) is 0 Å². The van der Waals surface area contributed by atoms with Gasteiger partial charge in [0.2, 0.25) is 5.78 Å². The highest BCUT2D eigenvalue weighted by atomic mass is 79.9. The van der Waals surface area contributed by atoms with Gasteiger partial charge in [0.15, 0.2) is 0 Å². The smallest absolute Gasteiger partial charge is 0.211 e. The van der Waals surface area contributed by atoms with Crippen LogP contribution in [0.25, 0.3) is 5.52 Å². The molecule has 35 heavy (non-hydrogen) atoms. The number of carbonyl (C=O) groups excluding carboxylic acids is 1. The van der Waals surface area contributed by atoms with E-state index >= 15 is 0 Å². The summed E-state index contributed by atoms with van der Waals surface area (Å²) in [6.07, 6.45) is 8.35. The van der Waals surface area contributed by atoms with Gasteiger partial charge in [-0.1, -0.05) is 62.9 Å². The summed E-state index contributed by atoms with van der Waals surface area (Å²) in [6, 6.07) is 9.32. The summed E-state index contributed by atoms with van der Waals surface area (Å²) in [5, 5.41) is 0.509. The number of halogens is 3. The zero-order valence-corrected chi connectivity index (χ0v) is 24.0. The summed E-state index contributed by atoms with van der Waals surface area (Å²) in [5.74, 6) is 0.355. The van der Waals surface area contributed by atoms with Crippen LogP contribution in [0.5, 0.6) is 5.75 Å². The van der Waals surface area contributed by atoms with E-state index in [2.05, 4.69) is 34.7 Å². The van der Waals surface area contributed by atoms with Crippen molar-refractivity contribution in [1.29, 1.82) is 0 Å². The fraction of sp³-hybridized carbons (Fsp3) is 0.464. The van der Waals surface area contributed by atoms with Crippen molar-refractivity contribution < 1.29 is 9.53 Å². The van der Waals surface area contributed by atoms with E-state index < -0.39 is 0 Å². The first-order valence-corrected chi connectivity index (χ1v) is 14.1. The Hall–Kier alpha value is -1.53. The van der Waals surface area contributed by atoms with E-state index in [0.29, 0.717) is 30.0 Å². The van der Waals surface area contributed by atoms with Gasteiger partial charge in [-0.25, -0.2) is 0 Å². The van der Waals surface area contributed by atoms with Crippen molar-refractivity contribution in [1.82, 2.24) is 9.30 Å². The molecule has 4 nitrogen and oxygen atoms in total. The molecule has 0 fully saturated rings. The Bertz CT molecular complexity index is 1140. The van der Waals surface area contributed by atoms with Crippen LogP contribution in [0.2, 0.25) is 10.0 Å². The molecule has 0 unspecified atom stereocenters. The summed E-state index contributed by atoms with van der Waals surface area (Å²) in [7, 11) is 0. The highest BCUT2D eigenvalue weighted by molar-refractivity contribution is 9.10. The standard InChI is InChI=1S/C28H35BrCl2N2O2/c1-4-7-15-32(16-8-5-2)17-11-19-35-23-14-13-21(25(30)26(23)31)28(34)27-20(6-3)24(29)22-12-9-10-18-33(22)27/h9-10,12-14,18H,4-8,11,15-17,19H2,1-3H3. The summed E-state index contributed by atoms with van der Waals surface area (Å²) < 4.78 is 8.80. The Balaban J connectivity index is 1.73. The fourth-order valence-corrected chi connectivity index (χ4v) is 5.56. The van der Waals surface area contributed by atoms with Crippen LogP contribution in [-0.4, -0.2) is 41.3 Å². The highest BCUT2D eigenvalue weighted by Gasteiger charge is 2.25. The molecular weight excluding hydrogens is 547 g/mol. The summed E-state index contributed by atoms with van der Waals surface area (Å²) in [4.78, 5) is 16.1. The summed E-state index contributed by atoms with van der Waals surface area (Å²) in [6.45, 7) is 10.3. The number of hydrogen-bond donors (Lipinski definition) is 0. The van der Waals surface area contributed by atoms with Gasteiger partial charge >= 0.3 is 0 Å². The van der Waals surface area contributed by atoms with Crippen LogP contribution in [0, 0.1) is 0 Å². The molecule has 0 amide bonds. The molecule has 1 aromatic carbocycles. The first-order chi connectivity index (χ1) is 16.9. The van der Waals surface area contributed by atoms with Gasteiger partial charge in [0.1, 0.15) is 10.8 Å². The van der Waals surface area contributed by atoms with Crippen LogP contribution >= 0.6 is 39.1 Å². The lowest BCUT2D eigenvalue weighted by atomic mass is 10.0. The maximum atomic E-state index is 13.6. The zero-order valence-electron chi connectivity index (χ0n) is 20.9. The number of fused-ring (bicyclic) bond motifs is 1. The number of unbranched alkanes of at least 4 members (excludes halogenated alkanes) is 2.